The molecule has 3 N–H and O–H groups in total. The quantitative estimate of drug-likeness (QED) is 0.800. The Kier molecular flexibility index (Phi) is 6.29. The molecule has 0 bridgehead atoms. The van der Waals surface area contributed by atoms with Crippen LogP contribution in [0.2, 0.25) is 0 Å². The van der Waals surface area contributed by atoms with Crippen molar-refractivity contribution in [3.8, 4) is 0 Å². The molecule has 1 aliphatic rings. The highest BCUT2D eigenvalue weighted by molar-refractivity contribution is 6.34. The highest BCUT2D eigenvalue weighted by Gasteiger charge is 2.20. The first kappa shape index (κ1) is 17.1. The van der Waals surface area contributed by atoms with Gasteiger partial charge in [0.15, 0.2) is 0 Å². The maximum absolute atomic E-state index is 12.8. The zero-order valence-corrected chi connectivity index (χ0v) is 13.0. The lowest BCUT2D eigenvalue weighted by atomic mass is 9.98. The van der Waals surface area contributed by atoms with E-state index in [1.807, 2.05) is 6.08 Å². The second kappa shape index (κ2) is 8.43. The minimum absolute atomic E-state index is 0.237. The van der Waals surface area contributed by atoms with Crippen molar-refractivity contribution in [3.63, 3.8) is 0 Å². The third kappa shape index (κ3) is 5.83. The Labute approximate surface area is 135 Å². The first-order valence-electron chi connectivity index (χ1n) is 7.76. The van der Waals surface area contributed by atoms with E-state index in [4.69, 9.17) is 5.73 Å². The zero-order chi connectivity index (χ0) is 16.7. The van der Waals surface area contributed by atoms with Gasteiger partial charge in [-0.05, 0) is 43.0 Å². The van der Waals surface area contributed by atoms with Gasteiger partial charge in [0.25, 0.3) is 0 Å². The van der Waals surface area contributed by atoms with Crippen LogP contribution in [0.15, 0.2) is 30.3 Å². The number of carbonyl (C=O) groups excluding carboxylic acids is 2. The van der Waals surface area contributed by atoms with Gasteiger partial charge in [0, 0.05) is 19.6 Å². The summed E-state index contributed by atoms with van der Waals surface area (Å²) < 4.78 is 12.8. The van der Waals surface area contributed by atoms with Crippen LogP contribution in [0.5, 0.6) is 0 Å². The third-order valence-corrected chi connectivity index (χ3v) is 3.92. The molecule has 6 heteroatoms. The zero-order valence-electron chi connectivity index (χ0n) is 13.0. The van der Waals surface area contributed by atoms with Gasteiger partial charge in [-0.2, -0.15) is 0 Å². The molecule has 1 unspecified atom stereocenters. The van der Waals surface area contributed by atoms with Gasteiger partial charge in [-0.25, -0.2) is 4.39 Å². The molecule has 0 aromatic heterocycles. The van der Waals surface area contributed by atoms with Crippen LogP contribution in [0.1, 0.15) is 18.4 Å². The van der Waals surface area contributed by atoms with Crippen LogP contribution in [-0.4, -0.2) is 42.9 Å². The van der Waals surface area contributed by atoms with Crippen molar-refractivity contribution >= 4 is 17.9 Å². The van der Waals surface area contributed by atoms with E-state index in [9.17, 15) is 14.0 Å². The molecule has 1 aliphatic heterocycles. The summed E-state index contributed by atoms with van der Waals surface area (Å²) in [7, 11) is 0. The Balaban J connectivity index is 1.76. The third-order valence-electron chi connectivity index (χ3n) is 3.92. The van der Waals surface area contributed by atoms with Crippen LogP contribution in [0.25, 0.3) is 6.08 Å². The number of piperidine rings is 1. The molecule has 1 aromatic rings. The maximum atomic E-state index is 12.8. The summed E-state index contributed by atoms with van der Waals surface area (Å²) in [5.74, 6) is -1.58. The van der Waals surface area contributed by atoms with Gasteiger partial charge in [-0.15, -0.1) is 0 Å². The van der Waals surface area contributed by atoms with Crippen molar-refractivity contribution in [1.29, 1.82) is 0 Å². The minimum atomic E-state index is -0.945. The predicted octanol–water partition coefficient (Wildman–Crippen LogP) is 1.15. The molecule has 1 saturated heterocycles. The van der Waals surface area contributed by atoms with E-state index in [2.05, 4.69) is 16.3 Å². The number of hydrogen-bond donors (Lipinski definition) is 2. The molecule has 0 spiro atoms. The highest BCUT2D eigenvalue weighted by Crippen LogP contribution is 2.15. The lowest BCUT2D eigenvalue weighted by Crippen LogP contribution is -2.43. The number of nitrogens with two attached hydrogens (primary N) is 1. The molecule has 0 saturated carbocycles. The Hall–Kier alpha value is -2.21. The fourth-order valence-electron chi connectivity index (χ4n) is 2.72. The van der Waals surface area contributed by atoms with Gasteiger partial charge in [0.1, 0.15) is 5.82 Å². The lowest BCUT2D eigenvalue weighted by Gasteiger charge is -2.31. The van der Waals surface area contributed by atoms with Gasteiger partial charge in [-0.1, -0.05) is 24.3 Å². The number of nitrogens with zero attached hydrogens (tertiary/aromatic N) is 1. The fourth-order valence-corrected chi connectivity index (χ4v) is 2.72. The van der Waals surface area contributed by atoms with Crippen LogP contribution >= 0.6 is 0 Å². The normalized spacial score (nSPS) is 18.9. The molecule has 1 heterocycles. The van der Waals surface area contributed by atoms with Crippen molar-refractivity contribution in [2.75, 3.05) is 26.2 Å². The molecule has 0 aliphatic carbocycles. The van der Waals surface area contributed by atoms with Crippen LogP contribution in [-0.2, 0) is 9.59 Å². The maximum Gasteiger partial charge on any atom is 0.309 e. The Morgan fingerprint density at radius 2 is 2.09 bits per heavy atom. The van der Waals surface area contributed by atoms with E-state index in [0.29, 0.717) is 12.5 Å². The Morgan fingerprint density at radius 1 is 1.35 bits per heavy atom. The van der Waals surface area contributed by atoms with Crippen molar-refractivity contribution in [2.24, 2.45) is 11.7 Å². The molecule has 2 rings (SSSR count). The second-order valence-electron chi connectivity index (χ2n) is 5.80. The van der Waals surface area contributed by atoms with Crippen LogP contribution < -0.4 is 11.1 Å². The largest absolute Gasteiger partial charge is 0.361 e. The van der Waals surface area contributed by atoms with E-state index < -0.39 is 11.8 Å². The number of rotatable bonds is 5. The van der Waals surface area contributed by atoms with Gasteiger partial charge >= 0.3 is 11.8 Å². The molecule has 23 heavy (non-hydrogen) atoms. The van der Waals surface area contributed by atoms with E-state index in [1.165, 1.54) is 12.1 Å². The Bertz CT molecular complexity index is 572. The molecule has 2 amide bonds. The average molecular weight is 319 g/mol. The SMILES string of the molecule is NC(=O)C(=O)NCC1CCCN(C/C=C/c2ccc(F)cc2)C1. The summed E-state index contributed by atoms with van der Waals surface area (Å²) in [6.45, 7) is 3.15. The van der Waals surface area contributed by atoms with Crippen molar-refractivity contribution in [3.05, 3.63) is 41.7 Å². The van der Waals surface area contributed by atoms with Gasteiger partial charge in [0.2, 0.25) is 0 Å². The summed E-state index contributed by atoms with van der Waals surface area (Å²) in [5.41, 5.74) is 5.88. The number of halogens is 1. The topological polar surface area (TPSA) is 75.4 Å². The van der Waals surface area contributed by atoms with Crippen molar-refractivity contribution < 1.29 is 14.0 Å². The second-order valence-corrected chi connectivity index (χ2v) is 5.80. The first-order valence-corrected chi connectivity index (χ1v) is 7.76. The molecule has 0 radical (unpaired) electrons. The minimum Gasteiger partial charge on any atom is -0.361 e. The van der Waals surface area contributed by atoms with Crippen LogP contribution in [0.4, 0.5) is 4.39 Å². The summed E-state index contributed by atoms with van der Waals surface area (Å²) in [6.07, 6.45) is 6.11. The smallest absolute Gasteiger partial charge is 0.309 e. The summed E-state index contributed by atoms with van der Waals surface area (Å²) >= 11 is 0. The van der Waals surface area contributed by atoms with E-state index in [-0.39, 0.29) is 5.82 Å². The van der Waals surface area contributed by atoms with E-state index >= 15 is 0 Å². The van der Waals surface area contributed by atoms with Gasteiger partial charge in [0.05, 0.1) is 0 Å². The molecule has 1 atom stereocenters. The number of hydrogen-bond acceptors (Lipinski definition) is 3. The molecule has 1 fully saturated rings. The summed E-state index contributed by atoms with van der Waals surface area (Å²) in [4.78, 5) is 24.2. The van der Waals surface area contributed by atoms with Crippen LogP contribution in [0.3, 0.4) is 0 Å². The average Bonchev–Trinajstić information content (AvgIpc) is 2.55. The molecule has 5 nitrogen and oxygen atoms in total. The highest BCUT2D eigenvalue weighted by atomic mass is 19.1. The van der Waals surface area contributed by atoms with Crippen LogP contribution in [0, 0.1) is 11.7 Å². The molecular formula is C17H22FN3O2. The van der Waals surface area contributed by atoms with Gasteiger partial charge in [-0.3, -0.25) is 14.5 Å². The number of amides is 2. The first-order chi connectivity index (χ1) is 11.0. The fraction of sp³-hybridized carbons (Fsp3) is 0.412. The predicted molar refractivity (Wildman–Crippen MR) is 86.8 cm³/mol. The van der Waals surface area contributed by atoms with Crippen molar-refractivity contribution in [2.45, 2.75) is 12.8 Å². The lowest BCUT2D eigenvalue weighted by molar-refractivity contribution is -0.137. The molecule has 124 valence electrons. The summed E-state index contributed by atoms with van der Waals surface area (Å²) in [6, 6.07) is 6.37. The Morgan fingerprint density at radius 3 is 2.78 bits per heavy atom. The number of likely N-dealkylation sites (tertiary alicyclic amines) is 1. The standard InChI is InChI=1S/C17H22FN3O2/c18-15-7-5-13(6-8-15)3-1-9-21-10-2-4-14(12-21)11-20-17(23)16(19)22/h1,3,5-8,14H,2,4,9-12H2,(H2,19,22)(H,20,23)/b3-1+. The molecular weight excluding hydrogens is 297 g/mol. The van der Waals surface area contributed by atoms with Crippen molar-refractivity contribution in [1.82, 2.24) is 10.2 Å². The number of primary amides is 1. The molecule has 1 aromatic carbocycles. The van der Waals surface area contributed by atoms with E-state index in [1.54, 1.807) is 12.1 Å². The number of carbonyl (C=O) groups is 2. The van der Waals surface area contributed by atoms with Gasteiger partial charge < -0.3 is 11.1 Å². The number of benzene rings is 1. The monoisotopic (exact) mass is 319 g/mol. The van der Waals surface area contributed by atoms with E-state index in [0.717, 1.165) is 38.0 Å². The summed E-state index contributed by atoms with van der Waals surface area (Å²) in [5, 5.41) is 2.57. The number of nitrogens with one attached hydrogen (secondary N) is 1.